The molecule has 0 radical (unpaired) electrons. The molecule has 8 heteroatoms. The van der Waals surface area contributed by atoms with Crippen molar-refractivity contribution in [1.29, 1.82) is 0 Å². The van der Waals surface area contributed by atoms with Crippen molar-refractivity contribution in [1.82, 2.24) is 4.98 Å². The van der Waals surface area contributed by atoms with Crippen LogP contribution in [0.5, 0.6) is 0 Å². The Hall–Kier alpha value is -2.48. The lowest BCUT2D eigenvalue weighted by molar-refractivity contribution is -0.383. The summed E-state index contributed by atoms with van der Waals surface area (Å²) >= 11 is 1.29. The number of aromatic nitrogens is 1. The number of nitro groups is 1. The molecule has 122 valence electrons. The van der Waals surface area contributed by atoms with Gasteiger partial charge in [0, 0.05) is 12.0 Å². The van der Waals surface area contributed by atoms with Crippen LogP contribution in [0, 0.1) is 10.1 Å². The molecule has 0 spiro atoms. The Balaban J connectivity index is 2.43. The van der Waals surface area contributed by atoms with E-state index >= 15 is 0 Å². The molecule has 1 heterocycles. The van der Waals surface area contributed by atoms with Crippen molar-refractivity contribution in [3.8, 4) is 0 Å². The second kappa shape index (κ2) is 7.19. The van der Waals surface area contributed by atoms with E-state index in [1.54, 1.807) is 25.1 Å². The second-order valence-electron chi connectivity index (χ2n) is 5.00. The molecule has 2 aromatic rings. The number of nitro benzene ring substituents is 1. The summed E-state index contributed by atoms with van der Waals surface area (Å²) < 4.78 is 5.01. The molecule has 2 rings (SSSR count). The molecular weight excluding hydrogens is 318 g/mol. The molecule has 0 saturated heterocycles. The van der Waals surface area contributed by atoms with Gasteiger partial charge in [0.2, 0.25) is 0 Å². The van der Waals surface area contributed by atoms with Crippen molar-refractivity contribution >= 4 is 33.7 Å². The summed E-state index contributed by atoms with van der Waals surface area (Å²) in [5, 5.41) is 15.3. The van der Waals surface area contributed by atoms with Gasteiger partial charge in [-0.25, -0.2) is 9.78 Å². The third kappa shape index (κ3) is 3.84. The minimum atomic E-state index is -0.545. The summed E-state index contributed by atoms with van der Waals surface area (Å²) in [6.45, 7) is 5.87. The highest BCUT2D eigenvalue weighted by atomic mass is 32.1. The van der Waals surface area contributed by atoms with Crippen LogP contribution in [-0.2, 0) is 4.74 Å². The average molecular weight is 335 g/mol. The van der Waals surface area contributed by atoms with Crippen LogP contribution in [0.15, 0.2) is 24.3 Å². The number of nitrogens with zero attached hydrogens (tertiary/aromatic N) is 2. The van der Waals surface area contributed by atoms with Gasteiger partial charge < -0.3 is 10.1 Å². The molecule has 0 unspecified atom stereocenters. The fourth-order valence-corrected chi connectivity index (χ4v) is 2.84. The van der Waals surface area contributed by atoms with Crippen molar-refractivity contribution in [2.45, 2.75) is 26.7 Å². The molecule has 0 aliphatic rings. The Morgan fingerprint density at radius 3 is 2.74 bits per heavy atom. The summed E-state index contributed by atoms with van der Waals surface area (Å²) in [5.74, 6) is -0.411. The fraction of sp³-hybridized carbons (Fsp3) is 0.333. The van der Waals surface area contributed by atoms with Gasteiger partial charge in [0.05, 0.1) is 16.5 Å². The molecule has 7 nitrogen and oxygen atoms in total. The molecule has 1 aromatic heterocycles. The Morgan fingerprint density at radius 1 is 1.43 bits per heavy atom. The van der Waals surface area contributed by atoms with Crippen LogP contribution in [0.25, 0.3) is 0 Å². The van der Waals surface area contributed by atoms with Crippen molar-refractivity contribution in [2.24, 2.45) is 0 Å². The Labute approximate surface area is 137 Å². The van der Waals surface area contributed by atoms with E-state index in [4.69, 9.17) is 4.74 Å². The number of hydrogen-bond donors (Lipinski definition) is 1. The zero-order valence-corrected chi connectivity index (χ0v) is 13.8. The molecule has 0 fully saturated rings. The Morgan fingerprint density at radius 2 is 2.13 bits per heavy atom. The summed E-state index contributed by atoms with van der Waals surface area (Å²) in [7, 11) is 0. The Bertz CT molecular complexity index is 727. The quantitative estimate of drug-likeness (QED) is 0.485. The zero-order chi connectivity index (χ0) is 17.0. The largest absolute Gasteiger partial charge is 0.461 e. The molecule has 1 aromatic carbocycles. The lowest BCUT2D eigenvalue weighted by Gasteiger charge is -2.06. The predicted octanol–water partition coefficient (Wildman–Crippen LogP) is 4.10. The second-order valence-corrected chi connectivity index (χ2v) is 6.03. The molecule has 0 aliphatic heterocycles. The van der Waals surface area contributed by atoms with Gasteiger partial charge in [-0.05, 0) is 13.0 Å². The van der Waals surface area contributed by atoms with E-state index < -0.39 is 10.9 Å². The lowest BCUT2D eigenvalue weighted by Crippen LogP contribution is -2.08. The summed E-state index contributed by atoms with van der Waals surface area (Å²) in [4.78, 5) is 27.0. The van der Waals surface area contributed by atoms with Crippen molar-refractivity contribution in [3.05, 3.63) is 45.1 Å². The van der Waals surface area contributed by atoms with Crippen LogP contribution in [0.3, 0.4) is 0 Å². The van der Waals surface area contributed by atoms with Crippen LogP contribution in [-0.4, -0.2) is 22.5 Å². The minimum absolute atomic E-state index is 0.0678. The number of carbonyl (C=O) groups excluding carboxylic acids is 1. The van der Waals surface area contributed by atoms with E-state index in [1.165, 1.54) is 17.4 Å². The number of thiazole rings is 1. The van der Waals surface area contributed by atoms with Crippen LogP contribution < -0.4 is 5.32 Å². The van der Waals surface area contributed by atoms with Crippen LogP contribution in [0.1, 0.15) is 42.2 Å². The molecular formula is C15H17N3O4S. The SMILES string of the molecule is CCOC(=O)c1nc(C(C)C)sc1Nc1ccccc1[N+](=O)[O-]. The van der Waals surface area contributed by atoms with Gasteiger partial charge in [0.15, 0.2) is 5.69 Å². The van der Waals surface area contributed by atoms with E-state index in [-0.39, 0.29) is 23.9 Å². The van der Waals surface area contributed by atoms with Crippen LogP contribution >= 0.6 is 11.3 Å². The average Bonchev–Trinajstić information content (AvgIpc) is 2.92. The van der Waals surface area contributed by atoms with E-state index in [0.29, 0.717) is 10.7 Å². The summed E-state index contributed by atoms with van der Waals surface area (Å²) in [6, 6.07) is 6.25. The summed E-state index contributed by atoms with van der Waals surface area (Å²) in [5.41, 5.74) is 0.391. The normalized spacial score (nSPS) is 10.6. The predicted molar refractivity (Wildman–Crippen MR) is 88.5 cm³/mol. The lowest BCUT2D eigenvalue weighted by atomic mass is 10.2. The van der Waals surface area contributed by atoms with E-state index in [0.717, 1.165) is 5.01 Å². The molecule has 0 aliphatic carbocycles. The highest BCUT2D eigenvalue weighted by molar-refractivity contribution is 7.16. The number of hydrogen-bond acceptors (Lipinski definition) is 7. The molecule has 0 amide bonds. The number of esters is 1. The van der Waals surface area contributed by atoms with Gasteiger partial charge in [-0.2, -0.15) is 0 Å². The number of nitrogens with one attached hydrogen (secondary N) is 1. The third-order valence-corrected chi connectivity index (χ3v) is 4.23. The highest BCUT2D eigenvalue weighted by Gasteiger charge is 2.23. The smallest absolute Gasteiger partial charge is 0.360 e. The highest BCUT2D eigenvalue weighted by Crippen LogP contribution is 2.35. The fourth-order valence-electron chi connectivity index (χ4n) is 1.87. The van der Waals surface area contributed by atoms with E-state index in [9.17, 15) is 14.9 Å². The topological polar surface area (TPSA) is 94.4 Å². The standard InChI is InChI=1S/C15H17N3O4S/c1-4-22-15(19)12-14(23-13(17-12)9(2)3)16-10-7-5-6-8-11(10)18(20)21/h5-9,16H,4H2,1-3H3. The van der Waals surface area contributed by atoms with Gasteiger partial charge in [-0.15, -0.1) is 11.3 Å². The van der Waals surface area contributed by atoms with Crippen LogP contribution in [0.2, 0.25) is 0 Å². The van der Waals surface area contributed by atoms with Crippen molar-refractivity contribution in [3.63, 3.8) is 0 Å². The summed E-state index contributed by atoms with van der Waals surface area (Å²) in [6.07, 6.45) is 0. The molecule has 0 atom stereocenters. The first kappa shape index (κ1) is 16.9. The number of anilines is 2. The maximum Gasteiger partial charge on any atom is 0.360 e. The first-order chi connectivity index (χ1) is 10.9. The molecule has 0 saturated carbocycles. The van der Waals surface area contributed by atoms with E-state index in [2.05, 4.69) is 10.3 Å². The number of ether oxygens (including phenoxy) is 1. The maximum absolute atomic E-state index is 12.1. The first-order valence-electron chi connectivity index (χ1n) is 7.12. The molecule has 1 N–H and O–H groups in total. The Kier molecular flexibility index (Phi) is 5.28. The van der Waals surface area contributed by atoms with Gasteiger partial charge >= 0.3 is 5.97 Å². The monoisotopic (exact) mass is 335 g/mol. The number of benzene rings is 1. The van der Waals surface area contributed by atoms with Crippen LogP contribution in [0.4, 0.5) is 16.4 Å². The number of rotatable bonds is 6. The zero-order valence-electron chi connectivity index (χ0n) is 13.0. The van der Waals surface area contributed by atoms with Crippen molar-refractivity contribution < 1.29 is 14.5 Å². The minimum Gasteiger partial charge on any atom is -0.461 e. The van der Waals surface area contributed by atoms with E-state index in [1.807, 2.05) is 13.8 Å². The van der Waals surface area contributed by atoms with Crippen molar-refractivity contribution in [2.75, 3.05) is 11.9 Å². The van der Waals surface area contributed by atoms with Gasteiger partial charge in [0.25, 0.3) is 5.69 Å². The molecule has 23 heavy (non-hydrogen) atoms. The molecule has 0 bridgehead atoms. The first-order valence-corrected chi connectivity index (χ1v) is 7.94. The number of carbonyl (C=O) groups is 1. The van der Waals surface area contributed by atoms with Gasteiger partial charge in [0.1, 0.15) is 10.7 Å². The maximum atomic E-state index is 12.1. The van der Waals surface area contributed by atoms with Gasteiger partial charge in [-0.1, -0.05) is 26.0 Å². The third-order valence-electron chi connectivity index (χ3n) is 2.96. The van der Waals surface area contributed by atoms with Gasteiger partial charge in [-0.3, -0.25) is 10.1 Å². The number of para-hydroxylation sites is 2.